The number of nitrogens with one attached hydrogen (secondary N) is 1. The molecule has 1 aliphatic carbocycles. The van der Waals surface area contributed by atoms with E-state index in [4.69, 9.17) is 4.94 Å². The molecule has 1 N–H and O–H groups in total. The molecular formula is C12H9BrN2O. The van der Waals surface area contributed by atoms with Gasteiger partial charge in [0.15, 0.2) is 0 Å². The largest absolute Gasteiger partial charge is 0.298 e. The van der Waals surface area contributed by atoms with Crippen LogP contribution >= 0.6 is 15.9 Å². The summed E-state index contributed by atoms with van der Waals surface area (Å²) in [7, 11) is 0. The predicted octanol–water partition coefficient (Wildman–Crippen LogP) is 2.62. The van der Waals surface area contributed by atoms with Crippen LogP contribution in [0.3, 0.4) is 0 Å². The topological polar surface area (TPSA) is 33.6 Å². The first-order valence-electron chi connectivity index (χ1n) is 4.99. The molecule has 2 aliphatic rings. The molecule has 0 saturated heterocycles. The highest BCUT2D eigenvalue weighted by atomic mass is 79.9. The van der Waals surface area contributed by atoms with E-state index in [2.05, 4.69) is 38.7 Å². The fraction of sp³-hybridized carbons (Fsp3) is 0.0833. The van der Waals surface area contributed by atoms with Gasteiger partial charge in [0.1, 0.15) is 11.8 Å². The second-order valence-corrected chi connectivity index (χ2v) is 4.53. The summed E-state index contributed by atoms with van der Waals surface area (Å²) < 4.78 is 1.03. The van der Waals surface area contributed by atoms with Crippen LogP contribution in [0, 0.1) is 0 Å². The Morgan fingerprint density at radius 3 is 2.81 bits per heavy atom. The van der Waals surface area contributed by atoms with Crippen molar-refractivity contribution < 1.29 is 4.94 Å². The van der Waals surface area contributed by atoms with Crippen molar-refractivity contribution in [2.45, 2.75) is 6.04 Å². The number of benzene rings is 1. The standard InChI is InChI=1S/C12H9BrN2O/c13-10-7-6-9(8-4-2-1-3-5-8)11-12(10)15-16-14-11/h1-7,12,15H. The van der Waals surface area contributed by atoms with Crippen molar-refractivity contribution in [3.05, 3.63) is 52.5 Å². The fourth-order valence-electron chi connectivity index (χ4n) is 1.83. The summed E-state index contributed by atoms with van der Waals surface area (Å²) in [6.45, 7) is 0. The molecule has 1 aromatic rings. The zero-order chi connectivity index (χ0) is 11.0. The third kappa shape index (κ3) is 1.50. The number of hydrogen-bond acceptors (Lipinski definition) is 3. The molecule has 0 radical (unpaired) electrons. The van der Waals surface area contributed by atoms with Gasteiger partial charge in [-0.3, -0.25) is 4.94 Å². The summed E-state index contributed by atoms with van der Waals surface area (Å²) in [6.07, 6.45) is 4.07. The van der Waals surface area contributed by atoms with E-state index in [1.807, 2.05) is 30.4 Å². The first-order valence-corrected chi connectivity index (χ1v) is 5.78. The third-order valence-corrected chi connectivity index (χ3v) is 3.36. The normalized spacial score (nSPS) is 22.8. The van der Waals surface area contributed by atoms with Crippen molar-refractivity contribution in [1.29, 1.82) is 0 Å². The Bertz CT molecular complexity index is 505. The van der Waals surface area contributed by atoms with Crippen LogP contribution in [-0.2, 0) is 4.94 Å². The van der Waals surface area contributed by atoms with Crippen molar-refractivity contribution in [3.63, 3.8) is 0 Å². The van der Waals surface area contributed by atoms with Gasteiger partial charge in [0.25, 0.3) is 0 Å². The van der Waals surface area contributed by atoms with Gasteiger partial charge in [-0.1, -0.05) is 57.5 Å². The van der Waals surface area contributed by atoms with E-state index in [1.54, 1.807) is 0 Å². The molecule has 1 heterocycles. The smallest absolute Gasteiger partial charge is 0.123 e. The van der Waals surface area contributed by atoms with E-state index >= 15 is 0 Å². The minimum Gasteiger partial charge on any atom is -0.298 e. The lowest BCUT2D eigenvalue weighted by Crippen LogP contribution is -2.31. The zero-order valence-corrected chi connectivity index (χ0v) is 9.94. The van der Waals surface area contributed by atoms with E-state index < -0.39 is 0 Å². The van der Waals surface area contributed by atoms with Crippen LogP contribution in [0.4, 0.5) is 0 Å². The van der Waals surface area contributed by atoms with Gasteiger partial charge in [-0.25, -0.2) is 0 Å². The Morgan fingerprint density at radius 2 is 2.00 bits per heavy atom. The minimum absolute atomic E-state index is 0.0141. The molecule has 0 spiro atoms. The van der Waals surface area contributed by atoms with Crippen LogP contribution in [0.1, 0.15) is 5.56 Å². The number of nitrogens with zero attached hydrogens (tertiary/aromatic N) is 1. The van der Waals surface area contributed by atoms with Gasteiger partial charge in [0.2, 0.25) is 0 Å². The Kier molecular flexibility index (Phi) is 2.38. The highest BCUT2D eigenvalue weighted by molar-refractivity contribution is 9.11. The zero-order valence-electron chi connectivity index (χ0n) is 8.35. The van der Waals surface area contributed by atoms with Crippen LogP contribution in [0.25, 0.3) is 5.57 Å². The van der Waals surface area contributed by atoms with Crippen molar-refractivity contribution in [2.75, 3.05) is 0 Å². The quantitative estimate of drug-likeness (QED) is 0.856. The van der Waals surface area contributed by atoms with E-state index in [0.29, 0.717) is 0 Å². The van der Waals surface area contributed by atoms with Crippen molar-refractivity contribution >= 4 is 27.2 Å². The molecule has 0 aromatic heterocycles. The van der Waals surface area contributed by atoms with E-state index in [-0.39, 0.29) is 6.04 Å². The van der Waals surface area contributed by atoms with Gasteiger partial charge in [0, 0.05) is 10.1 Å². The molecule has 80 valence electrons. The van der Waals surface area contributed by atoms with Crippen LogP contribution < -0.4 is 5.48 Å². The Labute approximate surface area is 102 Å². The second-order valence-electron chi connectivity index (χ2n) is 3.62. The van der Waals surface area contributed by atoms with Crippen molar-refractivity contribution in [2.24, 2.45) is 5.16 Å². The summed E-state index contributed by atoms with van der Waals surface area (Å²) >= 11 is 3.49. The number of fused-ring (bicyclic) bond motifs is 1. The maximum Gasteiger partial charge on any atom is 0.123 e. The molecule has 0 amide bonds. The summed E-state index contributed by atoms with van der Waals surface area (Å²) in [5.41, 5.74) is 6.01. The average molecular weight is 277 g/mol. The van der Waals surface area contributed by atoms with Gasteiger partial charge < -0.3 is 0 Å². The molecule has 0 bridgehead atoms. The van der Waals surface area contributed by atoms with E-state index in [1.165, 1.54) is 0 Å². The number of hydrogen-bond donors (Lipinski definition) is 1. The molecule has 1 atom stereocenters. The van der Waals surface area contributed by atoms with Crippen LogP contribution in [-0.4, -0.2) is 11.8 Å². The fourth-order valence-corrected chi connectivity index (χ4v) is 2.28. The van der Waals surface area contributed by atoms with Gasteiger partial charge in [-0.05, 0) is 11.6 Å². The first-order chi connectivity index (χ1) is 7.86. The molecule has 0 fully saturated rings. The third-order valence-electron chi connectivity index (χ3n) is 2.63. The maximum atomic E-state index is 4.94. The molecular weight excluding hydrogens is 268 g/mol. The Balaban J connectivity index is 2.08. The number of rotatable bonds is 1. The highest BCUT2D eigenvalue weighted by Crippen LogP contribution is 2.29. The lowest BCUT2D eigenvalue weighted by Gasteiger charge is -2.16. The van der Waals surface area contributed by atoms with Crippen LogP contribution in [0.15, 0.2) is 52.1 Å². The van der Waals surface area contributed by atoms with E-state index in [9.17, 15) is 0 Å². The Morgan fingerprint density at radius 1 is 1.19 bits per heavy atom. The minimum atomic E-state index is 0.0141. The lowest BCUT2D eigenvalue weighted by atomic mass is 9.93. The summed E-state index contributed by atoms with van der Waals surface area (Å²) in [5, 5.41) is 4.03. The monoisotopic (exact) mass is 276 g/mol. The summed E-state index contributed by atoms with van der Waals surface area (Å²) in [4.78, 5) is 4.94. The number of hydroxylamine groups is 1. The second kappa shape index (κ2) is 3.88. The van der Waals surface area contributed by atoms with Gasteiger partial charge in [0.05, 0.1) is 0 Å². The summed E-state index contributed by atoms with van der Waals surface area (Å²) in [5.74, 6) is 0. The maximum absolute atomic E-state index is 4.94. The van der Waals surface area contributed by atoms with Gasteiger partial charge >= 0.3 is 0 Å². The summed E-state index contributed by atoms with van der Waals surface area (Å²) in [6, 6.07) is 10.2. The van der Waals surface area contributed by atoms with E-state index in [0.717, 1.165) is 21.3 Å². The van der Waals surface area contributed by atoms with Gasteiger partial charge in [-0.15, -0.1) is 5.48 Å². The molecule has 1 aliphatic heterocycles. The highest BCUT2D eigenvalue weighted by Gasteiger charge is 2.31. The van der Waals surface area contributed by atoms with Crippen molar-refractivity contribution in [1.82, 2.24) is 5.48 Å². The predicted molar refractivity (Wildman–Crippen MR) is 66.9 cm³/mol. The SMILES string of the molecule is BrC1=CC=C(c2ccccc2)C2=NONC12. The molecule has 16 heavy (non-hydrogen) atoms. The Hall–Kier alpha value is -1.39. The molecule has 0 saturated carbocycles. The van der Waals surface area contributed by atoms with Crippen LogP contribution in [0.2, 0.25) is 0 Å². The molecule has 1 aromatic carbocycles. The average Bonchev–Trinajstić information content (AvgIpc) is 2.81. The lowest BCUT2D eigenvalue weighted by molar-refractivity contribution is 0.0668. The number of halogens is 1. The van der Waals surface area contributed by atoms with Crippen LogP contribution in [0.5, 0.6) is 0 Å². The molecule has 1 unspecified atom stereocenters. The van der Waals surface area contributed by atoms with Gasteiger partial charge in [-0.2, -0.15) is 0 Å². The molecule has 4 heteroatoms. The van der Waals surface area contributed by atoms with Crippen molar-refractivity contribution in [3.8, 4) is 0 Å². The molecule has 3 nitrogen and oxygen atoms in total. The molecule has 3 rings (SSSR count). The number of allylic oxidation sites excluding steroid dienone is 2. The first kappa shape index (κ1) is 9.81. The number of oxime groups is 1.